The number of ether oxygens (including phenoxy) is 2. The zero-order valence-electron chi connectivity index (χ0n) is 15.3. The molecular formula is C18H23FN4O4. The lowest BCUT2D eigenvalue weighted by molar-refractivity contribution is -0.138. The molecule has 3 aliphatic heterocycles. The quantitative estimate of drug-likeness (QED) is 0.777. The zero-order chi connectivity index (χ0) is 19.0. The van der Waals surface area contributed by atoms with Crippen LogP contribution in [0.2, 0.25) is 0 Å². The predicted octanol–water partition coefficient (Wildman–Crippen LogP) is 0.869. The molecule has 1 unspecified atom stereocenters. The Hall–Kier alpha value is -2.42. The van der Waals surface area contributed by atoms with Crippen LogP contribution in [-0.4, -0.2) is 84.9 Å². The van der Waals surface area contributed by atoms with Crippen LogP contribution < -0.4 is 4.90 Å². The molecule has 0 radical (unpaired) electrons. The Bertz CT molecular complexity index is 721. The third-order valence-electron chi connectivity index (χ3n) is 5.78. The highest BCUT2D eigenvalue weighted by molar-refractivity contribution is 5.78. The Morgan fingerprint density at radius 3 is 2.78 bits per heavy atom. The minimum absolute atomic E-state index is 0.0402. The Morgan fingerprint density at radius 1 is 1.33 bits per heavy atom. The first-order valence-corrected chi connectivity index (χ1v) is 9.15. The van der Waals surface area contributed by atoms with Gasteiger partial charge in [-0.3, -0.25) is 9.69 Å². The highest BCUT2D eigenvalue weighted by atomic mass is 19.1. The summed E-state index contributed by atoms with van der Waals surface area (Å²) in [6, 6.07) is 2.90. The Balaban J connectivity index is 1.47. The lowest BCUT2D eigenvalue weighted by atomic mass is 9.83. The second kappa shape index (κ2) is 6.95. The highest BCUT2D eigenvalue weighted by Gasteiger charge is 2.56. The number of pyridine rings is 1. The first kappa shape index (κ1) is 18.0. The van der Waals surface area contributed by atoms with E-state index in [1.807, 2.05) is 0 Å². The SMILES string of the molecule is COCC(=O)N1CCN2C(=O)OC3(CCN(c4ccc(F)cn4)CC3)C2C1. The van der Waals surface area contributed by atoms with Gasteiger partial charge in [0.1, 0.15) is 23.8 Å². The summed E-state index contributed by atoms with van der Waals surface area (Å²) in [5, 5.41) is 0. The molecular weight excluding hydrogens is 355 g/mol. The number of amides is 2. The molecule has 146 valence electrons. The maximum Gasteiger partial charge on any atom is 0.410 e. The fourth-order valence-corrected chi connectivity index (χ4v) is 4.30. The number of hydrogen-bond acceptors (Lipinski definition) is 6. The summed E-state index contributed by atoms with van der Waals surface area (Å²) >= 11 is 0. The molecule has 9 heteroatoms. The van der Waals surface area contributed by atoms with E-state index in [2.05, 4.69) is 9.88 Å². The van der Waals surface area contributed by atoms with Crippen molar-refractivity contribution in [3.8, 4) is 0 Å². The number of carbonyl (C=O) groups is 2. The normalized spacial score (nSPS) is 24.1. The van der Waals surface area contributed by atoms with Crippen molar-refractivity contribution in [1.82, 2.24) is 14.8 Å². The number of carbonyl (C=O) groups excluding carboxylic acids is 2. The maximum atomic E-state index is 13.1. The van der Waals surface area contributed by atoms with Gasteiger partial charge in [-0.05, 0) is 12.1 Å². The van der Waals surface area contributed by atoms with E-state index >= 15 is 0 Å². The van der Waals surface area contributed by atoms with Gasteiger partial charge in [0, 0.05) is 52.7 Å². The molecule has 27 heavy (non-hydrogen) atoms. The third-order valence-corrected chi connectivity index (χ3v) is 5.78. The minimum atomic E-state index is -0.598. The molecule has 3 fully saturated rings. The van der Waals surface area contributed by atoms with E-state index in [1.165, 1.54) is 19.4 Å². The van der Waals surface area contributed by atoms with Crippen molar-refractivity contribution in [3.05, 3.63) is 24.1 Å². The van der Waals surface area contributed by atoms with Crippen LogP contribution in [0.1, 0.15) is 12.8 Å². The summed E-state index contributed by atoms with van der Waals surface area (Å²) in [5.74, 6) is 0.281. The molecule has 4 heterocycles. The van der Waals surface area contributed by atoms with Crippen molar-refractivity contribution in [2.24, 2.45) is 0 Å². The number of aromatic nitrogens is 1. The van der Waals surface area contributed by atoms with Gasteiger partial charge < -0.3 is 19.3 Å². The monoisotopic (exact) mass is 378 g/mol. The number of hydrogen-bond donors (Lipinski definition) is 0. The van der Waals surface area contributed by atoms with Crippen LogP contribution in [0.25, 0.3) is 0 Å². The number of nitrogens with zero attached hydrogens (tertiary/aromatic N) is 4. The maximum absolute atomic E-state index is 13.1. The molecule has 1 aromatic rings. The Kier molecular flexibility index (Phi) is 4.63. The standard InChI is InChI=1S/C18H23FN4O4/c1-26-12-16(24)22-8-9-23-14(11-22)18(27-17(23)25)4-6-21(7-5-18)15-3-2-13(19)10-20-15/h2-3,10,14H,4-9,11-12H2,1H3. The zero-order valence-corrected chi connectivity index (χ0v) is 15.3. The summed E-state index contributed by atoms with van der Waals surface area (Å²) in [7, 11) is 1.50. The van der Waals surface area contributed by atoms with E-state index in [0.717, 1.165) is 0 Å². The molecule has 0 N–H and O–H groups in total. The molecule has 1 spiro atoms. The topological polar surface area (TPSA) is 75.2 Å². The van der Waals surface area contributed by atoms with Crippen molar-refractivity contribution in [3.63, 3.8) is 0 Å². The van der Waals surface area contributed by atoms with E-state index in [-0.39, 0.29) is 30.5 Å². The summed E-state index contributed by atoms with van der Waals surface area (Å²) in [4.78, 5) is 34.3. The van der Waals surface area contributed by atoms with Crippen LogP contribution in [0.15, 0.2) is 18.3 Å². The number of piperidine rings is 1. The van der Waals surface area contributed by atoms with Gasteiger partial charge in [0.05, 0.1) is 12.2 Å². The van der Waals surface area contributed by atoms with Crippen molar-refractivity contribution in [2.45, 2.75) is 24.5 Å². The summed E-state index contributed by atoms with van der Waals surface area (Å²) in [6.07, 6.45) is 2.20. The Labute approximate surface area is 156 Å². The van der Waals surface area contributed by atoms with E-state index in [9.17, 15) is 14.0 Å². The molecule has 1 aromatic heterocycles. The van der Waals surface area contributed by atoms with Gasteiger partial charge in [-0.15, -0.1) is 0 Å². The van der Waals surface area contributed by atoms with Crippen molar-refractivity contribution >= 4 is 17.8 Å². The number of halogens is 1. The molecule has 0 bridgehead atoms. The van der Waals surface area contributed by atoms with Crippen LogP contribution in [-0.2, 0) is 14.3 Å². The van der Waals surface area contributed by atoms with E-state index < -0.39 is 5.60 Å². The largest absolute Gasteiger partial charge is 0.440 e. The molecule has 3 aliphatic rings. The van der Waals surface area contributed by atoms with E-state index in [0.29, 0.717) is 51.4 Å². The number of anilines is 1. The van der Waals surface area contributed by atoms with E-state index in [4.69, 9.17) is 9.47 Å². The highest BCUT2D eigenvalue weighted by Crippen LogP contribution is 2.40. The second-order valence-electron chi connectivity index (χ2n) is 7.24. The second-order valence-corrected chi connectivity index (χ2v) is 7.24. The third kappa shape index (κ3) is 3.20. The number of fused-ring (bicyclic) bond motifs is 2. The van der Waals surface area contributed by atoms with Gasteiger partial charge in [0.25, 0.3) is 0 Å². The van der Waals surface area contributed by atoms with E-state index in [1.54, 1.807) is 15.9 Å². The lowest BCUT2D eigenvalue weighted by Gasteiger charge is -2.45. The van der Waals surface area contributed by atoms with Gasteiger partial charge in [0.15, 0.2) is 0 Å². The molecule has 3 saturated heterocycles. The van der Waals surface area contributed by atoms with Gasteiger partial charge in [0.2, 0.25) is 5.91 Å². The smallest absolute Gasteiger partial charge is 0.410 e. The predicted molar refractivity (Wildman–Crippen MR) is 93.8 cm³/mol. The number of piperazine rings is 1. The first-order chi connectivity index (χ1) is 13.0. The van der Waals surface area contributed by atoms with Crippen molar-refractivity contribution in [1.29, 1.82) is 0 Å². The molecule has 0 aromatic carbocycles. The van der Waals surface area contributed by atoms with Crippen LogP contribution in [0.3, 0.4) is 0 Å². The Morgan fingerprint density at radius 2 is 2.11 bits per heavy atom. The summed E-state index contributed by atoms with van der Waals surface area (Å²) < 4.78 is 23.9. The lowest BCUT2D eigenvalue weighted by Crippen LogP contribution is -2.61. The summed E-state index contributed by atoms with van der Waals surface area (Å²) in [5.41, 5.74) is -0.598. The van der Waals surface area contributed by atoms with Gasteiger partial charge >= 0.3 is 6.09 Å². The first-order valence-electron chi connectivity index (χ1n) is 9.15. The number of methoxy groups -OCH3 is 1. The summed E-state index contributed by atoms with van der Waals surface area (Å²) in [6.45, 7) is 2.78. The molecule has 0 aliphatic carbocycles. The minimum Gasteiger partial charge on any atom is -0.440 e. The molecule has 2 amide bonds. The van der Waals surface area contributed by atoms with Crippen LogP contribution >= 0.6 is 0 Å². The molecule has 4 rings (SSSR count). The molecule has 1 atom stereocenters. The average molecular weight is 378 g/mol. The van der Waals surface area contributed by atoms with Crippen molar-refractivity contribution < 1.29 is 23.5 Å². The van der Waals surface area contributed by atoms with Gasteiger partial charge in [-0.25, -0.2) is 14.2 Å². The van der Waals surface area contributed by atoms with Crippen LogP contribution in [0.4, 0.5) is 15.0 Å². The molecule has 0 saturated carbocycles. The van der Waals surface area contributed by atoms with Crippen molar-refractivity contribution in [2.75, 3.05) is 51.3 Å². The molecule has 8 nitrogen and oxygen atoms in total. The fraction of sp³-hybridized carbons (Fsp3) is 0.611. The van der Waals surface area contributed by atoms with Gasteiger partial charge in [-0.1, -0.05) is 0 Å². The van der Waals surface area contributed by atoms with Crippen LogP contribution in [0, 0.1) is 5.82 Å². The number of rotatable bonds is 3. The fourth-order valence-electron chi connectivity index (χ4n) is 4.30. The van der Waals surface area contributed by atoms with Gasteiger partial charge in [-0.2, -0.15) is 0 Å². The van der Waals surface area contributed by atoms with Crippen LogP contribution in [0.5, 0.6) is 0 Å². The average Bonchev–Trinajstić information content (AvgIpc) is 2.94.